The first-order valence-electron chi connectivity index (χ1n) is 9.67. The smallest absolute Gasteiger partial charge is 0.422 e. The molecule has 0 amide bonds. The van der Waals surface area contributed by atoms with Crippen molar-refractivity contribution in [1.82, 2.24) is 20.2 Å². The van der Waals surface area contributed by atoms with Crippen LogP contribution >= 0.6 is 0 Å². The van der Waals surface area contributed by atoms with Crippen molar-refractivity contribution in [3.05, 3.63) is 66.4 Å². The minimum atomic E-state index is -4.45. The molecule has 0 atom stereocenters. The largest absolute Gasteiger partial charge is 0.494 e. The van der Waals surface area contributed by atoms with E-state index < -0.39 is 12.8 Å². The fourth-order valence-corrected chi connectivity index (χ4v) is 3.09. The summed E-state index contributed by atoms with van der Waals surface area (Å²) in [4.78, 5) is 8.58. The maximum absolute atomic E-state index is 13.3. The quantitative estimate of drug-likeness (QED) is 0.398. The second-order valence-corrected chi connectivity index (χ2v) is 6.92. The second-order valence-electron chi connectivity index (χ2n) is 6.92. The van der Waals surface area contributed by atoms with Gasteiger partial charge < -0.3 is 14.8 Å². The van der Waals surface area contributed by atoms with Gasteiger partial charge in [0, 0.05) is 11.5 Å². The molecule has 0 aliphatic rings. The highest BCUT2D eigenvalue weighted by atomic mass is 19.4. The summed E-state index contributed by atoms with van der Waals surface area (Å²) >= 11 is 0. The van der Waals surface area contributed by atoms with Crippen LogP contribution in [0, 0.1) is 5.82 Å². The molecule has 2 aromatic carbocycles. The molecule has 2 heterocycles. The first-order chi connectivity index (χ1) is 15.8. The summed E-state index contributed by atoms with van der Waals surface area (Å²) in [6.45, 7) is -1.24. The zero-order valence-corrected chi connectivity index (χ0v) is 17.2. The molecule has 2 aromatic heterocycles. The molecule has 1 N–H and O–H groups in total. The number of fused-ring (bicyclic) bond motifs is 1. The molecule has 0 fully saturated rings. The Kier molecular flexibility index (Phi) is 6.20. The van der Waals surface area contributed by atoms with Crippen LogP contribution in [-0.4, -0.2) is 40.1 Å². The van der Waals surface area contributed by atoms with Crippen molar-refractivity contribution in [3.63, 3.8) is 0 Å². The maximum atomic E-state index is 13.3. The van der Waals surface area contributed by atoms with Crippen molar-refractivity contribution in [1.29, 1.82) is 0 Å². The lowest BCUT2D eigenvalue weighted by Gasteiger charge is -2.13. The molecule has 0 saturated heterocycles. The molecule has 33 heavy (non-hydrogen) atoms. The zero-order valence-electron chi connectivity index (χ0n) is 17.2. The number of nitrogens with one attached hydrogen (secondary N) is 1. The van der Waals surface area contributed by atoms with Crippen LogP contribution in [-0.2, 0) is 6.54 Å². The van der Waals surface area contributed by atoms with Gasteiger partial charge in [-0.15, -0.1) is 5.10 Å². The summed E-state index contributed by atoms with van der Waals surface area (Å²) in [5.41, 5.74) is 2.60. The van der Waals surface area contributed by atoms with E-state index in [0.29, 0.717) is 28.2 Å². The Bertz CT molecular complexity index is 1250. The van der Waals surface area contributed by atoms with Crippen LogP contribution in [0.1, 0.15) is 5.69 Å². The van der Waals surface area contributed by atoms with E-state index in [9.17, 15) is 17.6 Å². The van der Waals surface area contributed by atoms with Crippen LogP contribution in [0.5, 0.6) is 11.6 Å². The number of benzene rings is 2. The van der Waals surface area contributed by atoms with E-state index in [4.69, 9.17) is 4.74 Å². The van der Waals surface area contributed by atoms with Crippen LogP contribution in [0.2, 0.25) is 0 Å². The highest BCUT2D eigenvalue weighted by Gasteiger charge is 2.28. The lowest BCUT2D eigenvalue weighted by molar-refractivity contribution is -0.154. The predicted octanol–water partition coefficient (Wildman–Crippen LogP) is 4.79. The van der Waals surface area contributed by atoms with Gasteiger partial charge in [-0.2, -0.15) is 18.3 Å². The summed E-state index contributed by atoms with van der Waals surface area (Å²) < 4.78 is 60.1. The number of halogens is 4. The Morgan fingerprint density at radius 2 is 1.73 bits per heavy atom. The SMILES string of the molecule is COc1cc(-c2ccc(F)cc2)cc2c(NCc3ccc(OCC(F)(F)F)nn3)ncnc12. The molecule has 0 radical (unpaired) electrons. The molecule has 7 nitrogen and oxygen atoms in total. The molecule has 0 bridgehead atoms. The lowest BCUT2D eigenvalue weighted by atomic mass is 10.0. The van der Waals surface area contributed by atoms with Gasteiger partial charge in [0.15, 0.2) is 6.61 Å². The topological polar surface area (TPSA) is 82.0 Å². The van der Waals surface area contributed by atoms with Gasteiger partial charge in [-0.1, -0.05) is 12.1 Å². The van der Waals surface area contributed by atoms with Crippen molar-refractivity contribution in [2.24, 2.45) is 0 Å². The zero-order chi connectivity index (χ0) is 23.4. The highest BCUT2D eigenvalue weighted by Crippen LogP contribution is 2.34. The van der Waals surface area contributed by atoms with Crippen LogP contribution in [0.3, 0.4) is 0 Å². The molecule has 0 aliphatic heterocycles. The van der Waals surface area contributed by atoms with Crippen molar-refractivity contribution >= 4 is 16.7 Å². The number of ether oxygens (including phenoxy) is 2. The number of nitrogens with zero attached hydrogens (tertiary/aromatic N) is 4. The summed E-state index contributed by atoms with van der Waals surface area (Å²) in [7, 11) is 1.52. The molecule has 4 rings (SSSR count). The van der Waals surface area contributed by atoms with Gasteiger partial charge in [-0.3, -0.25) is 0 Å². The Morgan fingerprint density at radius 3 is 2.39 bits per heavy atom. The van der Waals surface area contributed by atoms with Crippen LogP contribution in [0.15, 0.2) is 54.9 Å². The molecule has 0 spiro atoms. The Labute approximate surface area is 185 Å². The normalized spacial score (nSPS) is 11.4. The van der Waals surface area contributed by atoms with Gasteiger partial charge in [0.25, 0.3) is 0 Å². The molecule has 4 aromatic rings. The number of methoxy groups -OCH3 is 1. The summed E-state index contributed by atoms with van der Waals surface area (Å²) in [6.07, 6.45) is -3.08. The summed E-state index contributed by atoms with van der Waals surface area (Å²) in [5.74, 6) is 0.440. The summed E-state index contributed by atoms with van der Waals surface area (Å²) in [6, 6.07) is 12.5. The third-order valence-electron chi connectivity index (χ3n) is 4.62. The Hall–Kier alpha value is -4.02. The summed E-state index contributed by atoms with van der Waals surface area (Å²) in [5, 5.41) is 11.3. The van der Waals surface area contributed by atoms with Gasteiger partial charge in [-0.25, -0.2) is 14.4 Å². The lowest BCUT2D eigenvalue weighted by Crippen LogP contribution is -2.19. The Balaban J connectivity index is 1.57. The average molecular weight is 459 g/mol. The van der Waals surface area contributed by atoms with E-state index in [-0.39, 0.29) is 18.2 Å². The van der Waals surface area contributed by atoms with Gasteiger partial charge in [0.1, 0.15) is 29.2 Å². The maximum Gasteiger partial charge on any atom is 0.422 e. The van der Waals surface area contributed by atoms with E-state index >= 15 is 0 Å². The predicted molar refractivity (Wildman–Crippen MR) is 112 cm³/mol. The number of hydrogen-bond acceptors (Lipinski definition) is 7. The van der Waals surface area contributed by atoms with Crippen LogP contribution in [0.4, 0.5) is 23.4 Å². The van der Waals surface area contributed by atoms with Gasteiger partial charge >= 0.3 is 6.18 Å². The number of hydrogen-bond donors (Lipinski definition) is 1. The van der Waals surface area contributed by atoms with Crippen molar-refractivity contribution in [3.8, 4) is 22.8 Å². The van der Waals surface area contributed by atoms with Crippen LogP contribution < -0.4 is 14.8 Å². The number of rotatable bonds is 7. The molecule has 0 aliphatic carbocycles. The number of alkyl halides is 3. The van der Waals surface area contributed by atoms with E-state index in [1.807, 2.05) is 6.07 Å². The van der Waals surface area contributed by atoms with Gasteiger partial charge in [-0.05, 0) is 41.5 Å². The molecular formula is C22H17F4N5O2. The first kappa shape index (κ1) is 22.2. The van der Waals surface area contributed by atoms with E-state index in [0.717, 1.165) is 11.1 Å². The van der Waals surface area contributed by atoms with Crippen molar-refractivity contribution < 1.29 is 27.0 Å². The fourth-order valence-electron chi connectivity index (χ4n) is 3.09. The van der Waals surface area contributed by atoms with E-state index in [2.05, 4.69) is 30.2 Å². The molecule has 0 unspecified atom stereocenters. The second kappa shape index (κ2) is 9.23. The highest BCUT2D eigenvalue weighted by molar-refractivity contribution is 5.96. The Morgan fingerprint density at radius 1 is 0.939 bits per heavy atom. The fraction of sp³-hybridized carbons (Fsp3) is 0.182. The first-order valence-corrected chi connectivity index (χ1v) is 9.67. The molecule has 170 valence electrons. The monoisotopic (exact) mass is 459 g/mol. The average Bonchev–Trinajstić information content (AvgIpc) is 2.81. The van der Waals surface area contributed by atoms with Crippen LogP contribution in [0.25, 0.3) is 22.0 Å². The molecular weight excluding hydrogens is 442 g/mol. The van der Waals surface area contributed by atoms with Gasteiger partial charge in [0.2, 0.25) is 5.88 Å². The number of aromatic nitrogens is 4. The third kappa shape index (κ3) is 5.43. The standard InChI is InChI=1S/C22H17F4N5O2/c1-32-18-9-14(13-2-4-15(23)5-3-13)8-17-20(18)28-12-29-21(17)27-10-16-6-7-19(31-30-16)33-11-22(24,25)26/h2-9,12H,10-11H2,1H3,(H,27,28,29). The molecule has 0 saturated carbocycles. The van der Waals surface area contributed by atoms with Crippen molar-refractivity contribution in [2.75, 3.05) is 19.0 Å². The minimum Gasteiger partial charge on any atom is -0.494 e. The minimum absolute atomic E-state index is 0.196. The van der Waals surface area contributed by atoms with Crippen molar-refractivity contribution in [2.45, 2.75) is 12.7 Å². The van der Waals surface area contributed by atoms with Gasteiger partial charge in [0.05, 0.1) is 19.3 Å². The van der Waals surface area contributed by atoms with E-state index in [1.54, 1.807) is 18.2 Å². The molecule has 11 heteroatoms. The van der Waals surface area contributed by atoms with E-state index in [1.165, 1.54) is 37.7 Å². The number of anilines is 1. The third-order valence-corrected chi connectivity index (χ3v) is 4.62.